The highest BCUT2D eigenvalue weighted by Gasteiger charge is 2.31. The van der Waals surface area contributed by atoms with E-state index in [1.165, 1.54) is 12.1 Å². The van der Waals surface area contributed by atoms with Crippen LogP contribution in [-0.4, -0.2) is 59.8 Å². The summed E-state index contributed by atoms with van der Waals surface area (Å²) in [6, 6.07) is 5.78. The Morgan fingerprint density at radius 1 is 1.14 bits per heavy atom. The van der Waals surface area contributed by atoms with Crippen molar-refractivity contribution in [2.24, 2.45) is 0 Å². The van der Waals surface area contributed by atoms with Crippen LogP contribution in [0.1, 0.15) is 39.7 Å². The molecular weight excluding hydrogens is 371 g/mol. The van der Waals surface area contributed by atoms with E-state index in [2.05, 4.69) is 19.9 Å². The predicted molar refractivity (Wildman–Crippen MR) is 102 cm³/mol. The van der Waals surface area contributed by atoms with E-state index in [4.69, 9.17) is 0 Å². The second-order valence-electron chi connectivity index (χ2n) is 7.91. The lowest BCUT2D eigenvalue weighted by Crippen LogP contribution is -2.56. The standard InChI is InChI=1S/C20H30F3N3O2/c1-5-19(3,4)24-18(27)15(2)26-12-10-25(11-13-26)14-16-6-8-17(9-7-16)28-20(21,22)23/h6-9,15H,5,10-14H2,1-4H3,(H,24,27). The van der Waals surface area contributed by atoms with Crippen LogP contribution in [0.3, 0.4) is 0 Å². The Morgan fingerprint density at radius 3 is 2.21 bits per heavy atom. The summed E-state index contributed by atoms with van der Waals surface area (Å²) in [5.74, 6) is -0.170. The molecule has 1 aromatic carbocycles. The van der Waals surface area contributed by atoms with Gasteiger partial charge in [0.2, 0.25) is 5.91 Å². The van der Waals surface area contributed by atoms with Gasteiger partial charge in [0.05, 0.1) is 6.04 Å². The van der Waals surface area contributed by atoms with Crippen molar-refractivity contribution in [3.63, 3.8) is 0 Å². The quantitative estimate of drug-likeness (QED) is 0.761. The minimum atomic E-state index is -4.67. The average Bonchev–Trinajstić information content (AvgIpc) is 2.62. The average molecular weight is 401 g/mol. The highest BCUT2D eigenvalue weighted by atomic mass is 19.4. The molecule has 1 saturated heterocycles. The van der Waals surface area contributed by atoms with Crippen molar-refractivity contribution in [3.8, 4) is 5.75 Å². The van der Waals surface area contributed by atoms with E-state index in [0.717, 1.165) is 38.2 Å². The van der Waals surface area contributed by atoms with Crippen LogP contribution in [0, 0.1) is 0 Å². The molecule has 1 N–H and O–H groups in total. The van der Waals surface area contributed by atoms with Crippen LogP contribution in [-0.2, 0) is 11.3 Å². The first kappa shape index (κ1) is 22.5. The maximum Gasteiger partial charge on any atom is 0.573 e. The summed E-state index contributed by atoms with van der Waals surface area (Å²) < 4.78 is 40.6. The number of piperazine rings is 1. The van der Waals surface area contributed by atoms with Gasteiger partial charge in [0, 0.05) is 38.3 Å². The van der Waals surface area contributed by atoms with Crippen molar-refractivity contribution >= 4 is 5.91 Å². The van der Waals surface area contributed by atoms with Gasteiger partial charge < -0.3 is 10.1 Å². The van der Waals surface area contributed by atoms with Crippen molar-refractivity contribution in [1.29, 1.82) is 0 Å². The number of hydrogen-bond donors (Lipinski definition) is 1. The van der Waals surface area contributed by atoms with Gasteiger partial charge in [-0.05, 0) is 44.9 Å². The highest BCUT2D eigenvalue weighted by molar-refractivity contribution is 5.82. The van der Waals surface area contributed by atoms with Gasteiger partial charge >= 0.3 is 6.36 Å². The molecule has 0 aliphatic carbocycles. The van der Waals surface area contributed by atoms with Crippen LogP contribution in [0.25, 0.3) is 0 Å². The zero-order valence-corrected chi connectivity index (χ0v) is 17.0. The lowest BCUT2D eigenvalue weighted by atomic mass is 10.0. The van der Waals surface area contributed by atoms with Crippen molar-refractivity contribution < 1.29 is 22.7 Å². The fourth-order valence-electron chi connectivity index (χ4n) is 3.06. The number of alkyl halides is 3. The van der Waals surface area contributed by atoms with Gasteiger partial charge in [0.15, 0.2) is 0 Å². The lowest BCUT2D eigenvalue weighted by molar-refractivity contribution is -0.274. The third-order valence-corrected chi connectivity index (χ3v) is 5.24. The summed E-state index contributed by atoms with van der Waals surface area (Å²) in [4.78, 5) is 16.9. The lowest BCUT2D eigenvalue weighted by Gasteiger charge is -2.38. The van der Waals surface area contributed by atoms with Crippen LogP contribution in [0.15, 0.2) is 24.3 Å². The molecule has 28 heavy (non-hydrogen) atoms. The summed E-state index contributed by atoms with van der Waals surface area (Å²) >= 11 is 0. The molecule has 0 aromatic heterocycles. The van der Waals surface area contributed by atoms with Gasteiger partial charge in [-0.15, -0.1) is 13.2 Å². The summed E-state index contributed by atoms with van der Waals surface area (Å²) in [5.41, 5.74) is 0.716. The third kappa shape index (κ3) is 6.98. The molecule has 0 saturated carbocycles. The second kappa shape index (κ2) is 9.13. The van der Waals surface area contributed by atoms with Crippen molar-refractivity contribution in [1.82, 2.24) is 15.1 Å². The van der Waals surface area contributed by atoms with Crippen molar-refractivity contribution in [2.45, 2.75) is 58.6 Å². The molecule has 1 amide bonds. The molecule has 1 aliphatic rings. The Hall–Kier alpha value is -1.80. The molecule has 2 rings (SSSR count). The first-order chi connectivity index (χ1) is 13.0. The smallest absolute Gasteiger partial charge is 0.406 e. The fraction of sp³-hybridized carbons (Fsp3) is 0.650. The van der Waals surface area contributed by atoms with Gasteiger partial charge in [0.1, 0.15) is 5.75 Å². The van der Waals surface area contributed by atoms with Gasteiger partial charge in [-0.3, -0.25) is 14.6 Å². The predicted octanol–water partition coefficient (Wildman–Crippen LogP) is 3.40. The van der Waals surface area contributed by atoms with Crippen LogP contribution in [0.5, 0.6) is 5.75 Å². The zero-order chi connectivity index (χ0) is 20.9. The van der Waals surface area contributed by atoms with Crippen LogP contribution < -0.4 is 10.1 Å². The number of nitrogens with zero attached hydrogens (tertiary/aromatic N) is 2. The van der Waals surface area contributed by atoms with E-state index in [9.17, 15) is 18.0 Å². The third-order valence-electron chi connectivity index (χ3n) is 5.24. The molecule has 1 unspecified atom stereocenters. The largest absolute Gasteiger partial charge is 0.573 e. The van der Waals surface area contributed by atoms with E-state index in [-0.39, 0.29) is 23.2 Å². The number of benzene rings is 1. The van der Waals surface area contributed by atoms with Gasteiger partial charge in [0.25, 0.3) is 0 Å². The number of ether oxygens (including phenoxy) is 1. The minimum Gasteiger partial charge on any atom is -0.406 e. The Labute approximate surface area is 164 Å². The van der Waals surface area contributed by atoms with Crippen molar-refractivity contribution in [2.75, 3.05) is 26.2 Å². The maximum absolute atomic E-state index is 12.5. The number of carbonyl (C=O) groups is 1. The number of hydrogen-bond acceptors (Lipinski definition) is 4. The number of amides is 1. The van der Waals surface area contributed by atoms with Gasteiger partial charge in [-0.1, -0.05) is 19.1 Å². The second-order valence-corrected chi connectivity index (χ2v) is 7.91. The van der Waals surface area contributed by atoms with E-state index in [0.29, 0.717) is 6.54 Å². The van der Waals surface area contributed by atoms with Gasteiger partial charge in [-0.2, -0.15) is 0 Å². The van der Waals surface area contributed by atoms with Crippen LogP contribution >= 0.6 is 0 Å². The van der Waals surface area contributed by atoms with E-state index in [1.54, 1.807) is 12.1 Å². The SMILES string of the molecule is CCC(C)(C)NC(=O)C(C)N1CCN(Cc2ccc(OC(F)(F)F)cc2)CC1. The Morgan fingerprint density at radius 2 is 1.71 bits per heavy atom. The molecule has 0 spiro atoms. The Balaban J connectivity index is 1.81. The molecule has 1 atom stereocenters. The zero-order valence-electron chi connectivity index (χ0n) is 17.0. The summed E-state index contributed by atoms with van der Waals surface area (Å²) in [5, 5.41) is 3.09. The number of carbonyl (C=O) groups excluding carboxylic acids is 1. The molecule has 5 nitrogen and oxygen atoms in total. The maximum atomic E-state index is 12.5. The van der Waals surface area contributed by atoms with E-state index >= 15 is 0 Å². The van der Waals surface area contributed by atoms with Crippen LogP contribution in [0.2, 0.25) is 0 Å². The first-order valence-corrected chi connectivity index (χ1v) is 9.62. The molecule has 1 fully saturated rings. The molecule has 8 heteroatoms. The highest BCUT2D eigenvalue weighted by Crippen LogP contribution is 2.23. The number of rotatable bonds is 7. The first-order valence-electron chi connectivity index (χ1n) is 9.62. The normalized spacial score (nSPS) is 18.0. The fourth-order valence-corrected chi connectivity index (χ4v) is 3.06. The molecular formula is C20H30F3N3O2. The topological polar surface area (TPSA) is 44.8 Å². The van der Waals surface area contributed by atoms with E-state index < -0.39 is 6.36 Å². The summed E-state index contributed by atoms with van der Waals surface area (Å²) in [6.45, 7) is 11.8. The molecule has 1 aliphatic heterocycles. The number of nitrogens with one attached hydrogen (secondary N) is 1. The summed E-state index contributed by atoms with van der Waals surface area (Å²) in [6.07, 6.45) is -3.81. The molecule has 158 valence electrons. The summed E-state index contributed by atoms with van der Waals surface area (Å²) in [7, 11) is 0. The minimum absolute atomic E-state index is 0.0422. The Kier molecular flexibility index (Phi) is 7.33. The van der Waals surface area contributed by atoms with E-state index in [1.807, 2.05) is 27.7 Å². The van der Waals surface area contributed by atoms with Crippen LogP contribution in [0.4, 0.5) is 13.2 Å². The monoisotopic (exact) mass is 401 g/mol. The molecule has 0 bridgehead atoms. The van der Waals surface area contributed by atoms with Gasteiger partial charge in [-0.25, -0.2) is 0 Å². The molecule has 1 aromatic rings. The number of halogens is 3. The molecule has 0 radical (unpaired) electrons. The Bertz CT molecular complexity index is 639. The molecule has 1 heterocycles. The van der Waals surface area contributed by atoms with Crippen molar-refractivity contribution in [3.05, 3.63) is 29.8 Å².